The molecule has 1 aliphatic heterocycles. The molecule has 0 radical (unpaired) electrons. The first-order valence-corrected chi connectivity index (χ1v) is 9.78. The highest BCUT2D eigenvalue weighted by Crippen LogP contribution is 2.36. The van der Waals surface area contributed by atoms with Gasteiger partial charge in [-0.2, -0.15) is 10.2 Å². The Morgan fingerprint density at radius 1 is 0.786 bits per heavy atom. The van der Waals surface area contributed by atoms with Crippen molar-refractivity contribution in [2.24, 2.45) is 10.2 Å². The molecule has 3 aromatic rings. The van der Waals surface area contributed by atoms with E-state index in [0.717, 1.165) is 30.9 Å². The quantitative estimate of drug-likeness (QED) is 0.462. The predicted octanol–water partition coefficient (Wildman–Crippen LogP) is 6.69. The van der Waals surface area contributed by atoms with Crippen molar-refractivity contribution in [1.29, 1.82) is 0 Å². The van der Waals surface area contributed by atoms with Crippen LogP contribution in [0.4, 0.5) is 5.69 Å². The van der Waals surface area contributed by atoms with Crippen molar-refractivity contribution in [1.82, 2.24) is 4.90 Å². The molecule has 0 amide bonds. The van der Waals surface area contributed by atoms with E-state index in [4.69, 9.17) is 0 Å². The molecule has 0 spiro atoms. The van der Waals surface area contributed by atoms with Crippen molar-refractivity contribution in [2.45, 2.75) is 25.9 Å². The maximum Gasteiger partial charge on any atom is 0.0856 e. The molecule has 3 heteroatoms. The molecular weight excluding hydrogens is 342 g/mol. The third kappa shape index (κ3) is 4.44. The minimum Gasteiger partial charge on any atom is -0.288 e. The van der Waals surface area contributed by atoms with Gasteiger partial charge in [0, 0.05) is 25.6 Å². The van der Waals surface area contributed by atoms with Crippen LogP contribution in [0.25, 0.3) is 0 Å². The Morgan fingerprint density at radius 3 is 2.07 bits per heavy atom. The van der Waals surface area contributed by atoms with Crippen LogP contribution in [0.3, 0.4) is 0 Å². The number of rotatable bonds is 5. The third-order valence-corrected chi connectivity index (χ3v) is 5.22. The Balaban J connectivity index is 1.61. The van der Waals surface area contributed by atoms with Crippen LogP contribution in [0.2, 0.25) is 0 Å². The Kier molecular flexibility index (Phi) is 5.74. The van der Waals surface area contributed by atoms with E-state index in [1.807, 2.05) is 30.3 Å². The first-order chi connectivity index (χ1) is 13.8. The van der Waals surface area contributed by atoms with Gasteiger partial charge in [0.1, 0.15) is 0 Å². The highest BCUT2D eigenvalue weighted by molar-refractivity contribution is 5.35. The van der Waals surface area contributed by atoms with Gasteiger partial charge in [0.05, 0.1) is 11.4 Å². The Hall–Kier alpha value is -3.04. The van der Waals surface area contributed by atoms with Crippen LogP contribution in [0, 0.1) is 0 Å². The van der Waals surface area contributed by atoms with E-state index in [-0.39, 0.29) is 0 Å². The van der Waals surface area contributed by atoms with Crippen LogP contribution in [0.15, 0.2) is 112 Å². The molecule has 0 aliphatic carbocycles. The molecule has 0 saturated heterocycles. The van der Waals surface area contributed by atoms with E-state index in [1.165, 1.54) is 16.7 Å². The molecule has 3 aromatic carbocycles. The Morgan fingerprint density at radius 2 is 1.39 bits per heavy atom. The third-order valence-electron chi connectivity index (χ3n) is 5.22. The van der Waals surface area contributed by atoms with Crippen LogP contribution in [0.5, 0.6) is 0 Å². The van der Waals surface area contributed by atoms with Crippen LogP contribution >= 0.6 is 0 Å². The van der Waals surface area contributed by atoms with E-state index >= 15 is 0 Å². The lowest BCUT2D eigenvalue weighted by Gasteiger charge is -2.36. The minimum atomic E-state index is 0.301. The summed E-state index contributed by atoms with van der Waals surface area (Å²) in [6.45, 7) is 4.01. The number of nitrogens with zero attached hydrogens (tertiary/aromatic N) is 3. The van der Waals surface area contributed by atoms with Gasteiger partial charge in [0.15, 0.2) is 0 Å². The summed E-state index contributed by atoms with van der Waals surface area (Å²) in [6.07, 6.45) is 0.874. The van der Waals surface area contributed by atoms with Crippen molar-refractivity contribution < 1.29 is 0 Å². The summed E-state index contributed by atoms with van der Waals surface area (Å²) in [5.74, 6) is 0. The van der Waals surface area contributed by atoms with Gasteiger partial charge in [0.2, 0.25) is 0 Å². The van der Waals surface area contributed by atoms with Gasteiger partial charge in [-0.15, -0.1) is 0 Å². The predicted molar refractivity (Wildman–Crippen MR) is 114 cm³/mol. The largest absolute Gasteiger partial charge is 0.288 e. The lowest BCUT2D eigenvalue weighted by Crippen LogP contribution is -2.34. The molecule has 0 saturated carbocycles. The van der Waals surface area contributed by atoms with Gasteiger partial charge < -0.3 is 0 Å². The van der Waals surface area contributed by atoms with Crippen molar-refractivity contribution in [3.8, 4) is 0 Å². The molecule has 0 unspecified atom stereocenters. The summed E-state index contributed by atoms with van der Waals surface area (Å²) in [7, 11) is 0. The van der Waals surface area contributed by atoms with E-state index in [1.54, 1.807) is 0 Å². The van der Waals surface area contributed by atoms with Crippen molar-refractivity contribution in [3.63, 3.8) is 0 Å². The molecule has 1 heterocycles. The van der Waals surface area contributed by atoms with Gasteiger partial charge in [-0.05, 0) is 35.8 Å². The van der Waals surface area contributed by atoms with Gasteiger partial charge in [0.25, 0.3) is 0 Å². The van der Waals surface area contributed by atoms with Gasteiger partial charge in [-0.25, -0.2) is 0 Å². The van der Waals surface area contributed by atoms with Crippen LogP contribution in [-0.4, -0.2) is 11.4 Å². The lowest BCUT2D eigenvalue weighted by molar-refractivity contribution is 0.189. The van der Waals surface area contributed by atoms with Gasteiger partial charge in [-0.1, -0.05) is 78.9 Å². The topological polar surface area (TPSA) is 28.0 Å². The molecule has 3 nitrogen and oxygen atoms in total. The van der Waals surface area contributed by atoms with Crippen LogP contribution < -0.4 is 0 Å². The maximum atomic E-state index is 4.63. The molecule has 1 atom stereocenters. The van der Waals surface area contributed by atoms with Crippen LogP contribution in [-0.2, 0) is 6.54 Å². The van der Waals surface area contributed by atoms with E-state index in [0.29, 0.717) is 6.04 Å². The highest BCUT2D eigenvalue weighted by atomic mass is 15.2. The molecule has 0 bridgehead atoms. The molecule has 140 valence electrons. The normalized spacial score (nSPS) is 18.0. The summed E-state index contributed by atoms with van der Waals surface area (Å²) >= 11 is 0. The van der Waals surface area contributed by atoms with E-state index in [2.05, 4.69) is 82.7 Å². The maximum absolute atomic E-state index is 4.63. The summed E-state index contributed by atoms with van der Waals surface area (Å²) in [6, 6.07) is 31.7. The number of hydrogen-bond acceptors (Lipinski definition) is 3. The average molecular weight is 367 g/mol. The summed E-state index contributed by atoms with van der Waals surface area (Å²) in [4.78, 5) is 2.54. The summed E-state index contributed by atoms with van der Waals surface area (Å²) in [5.41, 5.74) is 5.96. The van der Waals surface area contributed by atoms with Crippen molar-refractivity contribution >= 4 is 5.69 Å². The molecule has 28 heavy (non-hydrogen) atoms. The first kappa shape index (κ1) is 18.3. The second-order valence-electron chi connectivity index (χ2n) is 7.28. The van der Waals surface area contributed by atoms with Crippen molar-refractivity contribution in [2.75, 3.05) is 6.54 Å². The average Bonchev–Trinajstić information content (AvgIpc) is 2.75. The van der Waals surface area contributed by atoms with Gasteiger partial charge in [-0.3, -0.25) is 4.90 Å². The molecule has 0 N–H and O–H groups in total. The lowest BCUT2D eigenvalue weighted by atomic mass is 9.93. The highest BCUT2D eigenvalue weighted by Gasteiger charge is 2.27. The fraction of sp³-hybridized carbons (Fsp3) is 0.200. The smallest absolute Gasteiger partial charge is 0.0856 e. The number of azo groups is 1. The Bertz CT molecular complexity index is 947. The monoisotopic (exact) mass is 367 g/mol. The second-order valence-corrected chi connectivity index (χ2v) is 7.28. The van der Waals surface area contributed by atoms with Crippen molar-refractivity contribution in [3.05, 3.63) is 113 Å². The molecule has 1 aliphatic rings. The number of hydrogen-bond donors (Lipinski definition) is 0. The minimum absolute atomic E-state index is 0.301. The van der Waals surface area contributed by atoms with Crippen LogP contribution in [0.1, 0.15) is 30.5 Å². The van der Waals surface area contributed by atoms with Gasteiger partial charge >= 0.3 is 0 Å². The standard InChI is InChI=1S/C25H25N3/c1-20-18-28(19-21-11-5-2-6-12-21)25(22-13-7-3-8-14-22)17-24(20)27-26-23-15-9-4-10-16-23/h2-16,25H,17-19H2,1H3/t25-/m1/s1. The molecule has 0 fully saturated rings. The zero-order valence-corrected chi connectivity index (χ0v) is 16.2. The number of benzene rings is 3. The summed E-state index contributed by atoms with van der Waals surface area (Å²) in [5, 5.41) is 9.10. The first-order valence-electron chi connectivity index (χ1n) is 9.78. The molecule has 0 aromatic heterocycles. The van der Waals surface area contributed by atoms with E-state index < -0.39 is 0 Å². The summed E-state index contributed by atoms with van der Waals surface area (Å²) < 4.78 is 0. The SMILES string of the molecule is CC1=C(N=Nc2ccccc2)C[C@H](c2ccccc2)N(Cc2ccccc2)C1. The fourth-order valence-electron chi connectivity index (χ4n) is 3.72. The van der Waals surface area contributed by atoms with E-state index in [9.17, 15) is 0 Å². The molecule has 4 rings (SSSR count). The molecular formula is C25H25N3. The zero-order chi connectivity index (χ0) is 19.2. The Labute approximate surface area is 167 Å². The zero-order valence-electron chi connectivity index (χ0n) is 16.2. The second kappa shape index (κ2) is 8.77. The fourth-order valence-corrected chi connectivity index (χ4v) is 3.72.